The number of aryl methyl sites for hydroxylation is 2. The zero-order valence-electron chi connectivity index (χ0n) is 15.8. The summed E-state index contributed by atoms with van der Waals surface area (Å²) in [6.07, 6.45) is 0. The third-order valence-corrected chi connectivity index (χ3v) is 5.99. The molecule has 29 heavy (non-hydrogen) atoms. The summed E-state index contributed by atoms with van der Waals surface area (Å²) in [5, 5.41) is 4.43. The molecule has 3 heterocycles. The van der Waals surface area contributed by atoms with Gasteiger partial charge < -0.3 is 10.3 Å². The molecule has 5 nitrogen and oxygen atoms in total. The summed E-state index contributed by atoms with van der Waals surface area (Å²) in [5.74, 6) is -0.330. The van der Waals surface area contributed by atoms with Crippen molar-refractivity contribution in [2.75, 3.05) is 5.73 Å². The monoisotopic (exact) mass is 404 g/mol. The van der Waals surface area contributed by atoms with Gasteiger partial charge >= 0.3 is 0 Å². The molecule has 0 aliphatic heterocycles. The van der Waals surface area contributed by atoms with Gasteiger partial charge in [0.1, 0.15) is 11.5 Å². The quantitative estimate of drug-likeness (QED) is 0.470. The number of halogens is 1. The van der Waals surface area contributed by atoms with E-state index in [0.29, 0.717) is 16.3 Å². The van der Waals surface area contributed by atoms with Crippen LogP contribution in [0, 0.1) is 5.82 Å². The van der Waals surface area contributed by atoms with Crippen LogP contribution in [0.15, 0.2) is 58.7 Å². The lowest BCUT2D eigenvalue weighted by Gasteiger charge is -2.08. The lowest BCUT2D eigenvalue weighted by Crippen LogP contribution is -2.20. The van der Waals surface area contributed by atoms with Crippen molar-refractivity contribution in [2.24, 2.45) is 14.1 Å². The van der Waals surface area contributed by atoms with Crippen LogP contribution in [0.25, 0.3) is 44.3 Å². The topological polar surface area (TPSA) is 65.8 Å². The third kappa shape index (κ3) is 2.66. The second kappa shape index (κ2) is 6.28. The average molecular weight is 404 g/mol. The normalized spacial score (nSPS) is 11.6. The number of pyridine rings is 1. The molecule has 3 aromatic heterocycles. The Morgan fingerprint density at radius 1 is 0.966 bits per heavy atom. The standard InChI is InChI=1S/C22H17FN4OS/c1-26-19-8-5-13(18-11-29-22(24)25-18)9-16(19)17-10-15(21(28)27(2)20(17)26)12-3-6-14(23)7-4-12/h3-11H,1-2H3,(H2,24,25). The van der Waals surface area contributed by atoms with E-state index in [-0.39, 0.29) is 11.4 Å². The molecule has 0 aliphatic carbocycles. The number of nitrogens with two attached hydrogens (primary N) is 1. The highest BCUT2D eigenvalue weighted by Crippen LogP contribution is 2.33. The van der Waals surface area contributed by atoms with Gasteiger partial charge in [0.05, 0.1) is 11.2 Å². The van der Waals surface area contributed by atoms with Gasteiger partial charge in [-0.3, -0.25) is 9.36 Å². The minimum absolute atomic E-state index is 0.123. The molecule has 7 heteroatoms. The summed E-state index contributed by atoms with van der Waals surface area (Å²) in [7, 11) is 3.71. The molecular formula is C22H17FN4OS. The number of hydrogen-bond acceptors (Lipinski definition) is 4. The summed E-state index contributed by atoms with van der Waals surface area (Å²) in [4.78, 5) is 17.4. The molecule has 0 aliphatic rings. The van der Waals surface area contributed by atoms with E-state index in [9.17, 15) is 9.18 Å². The molecule has 0 saturated heterocycles. The number of benzene rings is 2. The minimum atomic E-state index is -0.330. The van der Waals surface area contributed by atoms with Gasteiger partial charge in [0.2, 0.25) is 0 Å². The Balaban J connectivity index is 1.84. The summed E-state index contributed by atoms with van der Waals surface area (Å²) in [6.45, 7) is 0. The van der Waals surface area contributed by atoms with Crippen LogP contribution in [0.1, 0.15) is 0 Å². The van der Waals surface area contributed by atoms with E-state index >= 15 is 0 Å². The van der Waals surface area contributed by atoms with Crippen molar-refractivity contribution >= 4 is 38.4 Å². The van der Waals surface area contributed by atoms with E-state index in [0.717, 1.165) is 33.2 Å². The molecule has 0 saturated carbocycles. The van der Waals surface area contributed by atoms with E-state index in [1.54, 1.807) is 23.7 Å². The molecule has 0 radical (unpaired) electrons. The van der Waals surface area contributed by atoms with E-state index < -0.39 is 0 Å². The van der Waals surface area contributed by atoms with E-state index in [4.69, 9.17) is 5.73 Å². The molecule has 5 aromatic rings. The first-order valence-electron chi connectivity index (χ1n) is 9.03. The second-order valence-electron chi connectivity index (χ2n) is 7.03. The Morgan fingerprint density at radius 2 is 1.69 bits per heavy atom. The van der Waals surface area contributed by atoms with Gasteiger partial charge in [-0.05, 0) is 35.9 Å². The first kappa shape index (κ1) is 17.6. The highest BCUT2D eigenvalue weighted by molar-refractivity contribution is 7.13. The maximum Gasteiger partial charge on any atom is 0.259 e. The Labute approximate surface area is 169 Å². The smallest absolute Gasteiger partial charge is 0.259 e. The van der Waals surface area contributed by atoms with Crippen LogP contribution in [0.3, 0.4) is 0 Å². The van der Waals surface area contributed by atoms with Crippen molar-refractivity contribution in [3.05, 3.63) is 70.1 Å². The zero-order chi connectivity index (χ0) is 20.3. The fourth-order valence-corrected chi connectivity index (χ4v) is 4.48. The van der Waals surface area contributed by atoms with E-state index in [1.165, 1.54) is 23.5 Å². The lowest BCUT2D eigenvalue weighted by atomic mass is 10.0. The minimum Gasteiger partial charge on any atom is -0.375 e. The number of nitrogen functional groups attached to an aromatic ring is 1. The van der Waals surface area contributed by atoms with Crippen LogP contribution in [0.4, 0.5) is 9.52 Å². The van der Waals surface area contributed by atoms with Crippen LogP contribution in [0.5, 0.6) is 0 Å². The van der Waals surface area contributed by atoms with Crippen LogP contribution >= 0.6 is 11.3 Å². The number of hydrogen-bond donors (Lipinski definition) is 1. The number of rotatable bonds is 2. The fraction of sp³-hybridized carbons (Fsp3) is 0.0909. The molecule has 0 bridgehead atoms. The summed E-state index contributed by atoms with van der Waals surface area (Å²) >= 11 is 1.40. The fourth-order valence-electron chi connectivity index (χ4n) is 3.91. The van der Waals surface area contributed by atoms with Crippen molar-refractivity contribution in [3.63, 3.8) is 0 Å². The van der Waals surface area contributed by atoms with Crippen molar-refractivity contribution < 1.29 is 4.39 Å². The SMILES string of the molecule is Cn1c(=O)c(-c2ccc(F)cc2)cc2c3cc(-c4csc(N)n4)ccc3n(C)c21. The number of nitrogens with zero attached hydrogens (tertiary/aromatic N) is 3. The van der Waals surface area contributed by atoms with E-state index in [2.05, 4.69) is 11.1 Å². The highest BCUT2D eigenvalue weighted by Gasteiger charge is 2.17. The Hall–Kier alpha value is -3.45. The van der Waals surface area contributed by atoms with Crippen LogP contribution < -0.4 is 11.3 Å². The van der Waals surface area contributed by atoms with Crippen LogP contribution in [-0.2, 0) is 14.1 Å². The largest absolute Gasteiger partial charge is 0.375 e. The Morgan fingerprint density at radius 3 is 2.38 bits per heavy atom. The number of anilines is 1. The first-order chi connectivity index (χ1) is 13.9. The highest BCUT2D eigenvalue weighted by atomic mass is 32.1. The maximum atomic E-state index is 13.4. The van der Waals surface area contributed by atoms with Gasteiger partial charge in [0, 0.05) is 41.4 Å². The first-order valence-corrected chi connectivity index (χ1v) is 9.91. The van der Waals surface area contributed by atoms with Gasteiger partial charge in [-0.15, -0.1) is 11.3 Å². The summed E-state index contributed by atoms with van der Waals surface area (Å²) in [5.41, 5.74) is 10.5. The van der Waals surface area contributed by atoms with Crippen molar-refractivity contribution in [1.29, 1.82) is 0 Å². The second-order valence-corrected chi connectivity index (χ2v) is 7.92. The van der Waals surface area contributed by atoms with Gasteiger partial charge in [-0.2, -0.15) is 0 Å². The summed E-state index contributed by atoms with van der Waals surface area (Å²) in [6, 6.07) is 14.0. The predicted molar refractivity (Wildman–Crippen MR) is 117 cm³/mol. The molecule has 0 unspecified atom stereocenters. The van der Waals surface area contributed by atoms with Crippen molar-refractivity contribution in [1.82, 2.24) is 14.1 Å². The molecule has 2 N–H and O–H groups in total. The number of fused-ring (bicyclic) bond motifs is 3. The molecular weight excluding hydrogens is 387 g/mol. The zero-order valence-corrected chi connectivity index (χ0v) is 16.6. The molecule has 0 spiro atoms. The average Bonchev–Trinajstić information content (AvgIpc) is 3.27. The molecule has 0 fully saturated rings. The van der Waals surface area contributed by atoms with Gasteiger partial charge in [-0.1, -0.05) is 18.2 Å². The van der Waals surface area contributed by atoms with Crippen molar-refractivity contribution in [2.45, 2.75) is 0 Å². The number of thiazole rings is 1. The van der Waals surface area contributed by atoms with Crippen LogP contribution in [-0.4, -0.2) is 14.1 Å². The summed E-state index contributed by atoms with van der Waals surface area (Å²) < 4.78 is 17.0. The molecule has 0 amide bonds. The Kier molecular flexibility index (Phi) is 3.82. The Bertz CT molecular complexity index is 1460. The molecule has 0 atom stereocenters. The maximum absolute atomic E-state index is 13.4. The van der Waals surface area contributed by atoms with Gasteiger partial charge in [0.15, 0.2) is 5.13 Å². The van der Waals surface area contributed by atoms with E-state index in [1.807, 2.05) is 35.2 Å². The van der Waals surface area contributed by atoms with Gasteiger partial charge in [0.25, 0.3) is 5.56 Å². The van der Waals surface area contributed by atoms with Crippen molar-refractivity contribution in [3.8, 4) is 22.4 Å². The molecule has 2 aromatic carbocycles. The van der Waals surface area contributed by atoms with Crippen LogP contribution in [0.2, 0.25) is 0 Å². The lowest BCUT2D eigenvalue weighted by molar-refractivity contribution is 0.628. The molecule has 5 rings (SSSR count). The predicted octanol–water partition coefficient (Wildman–Crippen LogP) is 4.54. The third-order valence-electron chi connectivity index (χ3n) is 5.32. The number of aromatic nitrogens is 3. The molecule has 144 valence electrons. The van der Waals surface area contributed by atoms with Gasteiger partial charge in [-0.25, -0.2) is 9.37 Å².